The number of halogens is 1. The van der Waals surface area contributed by atoms with E-state index in [9.17, 15) is 17.6 Å². The Labute approximate surface area is 122 Å². The molecule has 0 amide bonds. The number of nitrogens with one attached hydrogen (secondary N) is 1. The van der Waals surface area contributed by atoms with Crippen molar-refractivity contribution in [2.75, 3.05) is 17.8 Å². The third-order valence-electron chi connectivity index (χ3n) is 3.57. The molecule has 0 aromatic heterocycles. The van der Waals surface area contributed by atoms with Crippen LogP contribution in [0.25, 0.3) is 0 Å². The maximum absolute atomic E-state index is 13.0. The Hall–Kier alpha value is -1.67. The Kier molecular flexibility index (Phi) is 4.48. The molecule has 1 heterocycles. The number of carboxylic acids is 1. The van der Waals surface area contributed by atoms with Gasteiger partial charge in [0.2, 0.25) is 0 Å². The Morgan fingerprint density at radius 1 is 1.38 bits per heavy atom. The van der Waals surface area contributed by atoms with Crippen molar-refractivity contribution in [1.82, 2.24) is 4.31 Å². The summed E-state index contributed by atoms with van der Waals surface area (Å²) in [5, 5.41) is 8.91. The second kappa shape index (κ2) is 5.98. The number of carboxylic acid groups (broad SMARTS) is 1. The van der Waals surface area contributed by atoms with Crippen LogP contribution >= 0.6 is 0 Å². The lowest BCUT2D eigenvalue weighted by Crippen LogP contribution is -2.43. The molecule has 1 aromatic rings. The molecule has 1 aliphatic rings. The number of anilines is 1. The summed E-state index contributed by atoms with van der Waals surface area (Å²) in [4.78, 5) is 10.9. The van der Waals surface area contributed by atoms with Gasteiger partial charge in [-0.25, -0.2) is 4.39 Å². The largest absolute Gasteiger partial charge is 0.481 e. The summed E-state index contributed by atoms with van der Waals surface area (Å²) in [5.74, 6) is -1.82. The van der Waals surface area contributed by atoms with Crippen LogP contribution in [-0.2, 0) is 15.0 Å². The summed E-state index contributed by atoms with van der Waals surface area (Å²) in [6.07, 6.45) is 0.581. The van der Waals surface area contributed by atoms with Crippen LogP contribution in [0.2, 0.25) is 0 Å². The van der Waals surface area contributed by atoms with Gasteiger partial charge in [-0.05, 0) is 43.5 Å². The molecule has 0 spiro atoms. The molecule has 21 heavy (non-hydrogen) atoms. The normalized spacial score (nSPS) is 17.6. The molecule has 6 nitrogen and oxygen atoms in total. The van der Waals surface area contributed by atoms with Crippen molar-refractivity contribution in [1.29, 1.82) is 0 Å². The number of rotatable bonds is 4. The van der Waals surface area contributed by atoms with Crippen molar-refractivity contribution in [2.45, 2.75) is 19.8 Å². The number of aliphatic carboxylic acids is 1. The van der Waals surface area contributed by atoms with Gasteiger partial charge in [-0.15, -0.1) is 0 Å². The molecule has 0 unspecified atom stereocenters. The summed E-state index contributed by atoms with van der Waals surface area (Å²) >= 11 is 0. The lowest BCUT2D eigenvalue weighted by Gasteiger charge is -2.29. The van der Waals surface area contributed by atoms with Crippen LogP contribution in [0.3, 0.4) is 0 Å². The Bertz CT molecular complexity index is 640. The number of aryl methyl sites for hydroxylation is 1. The number of nitrogens with zero attached hydrogens (tertiary/aromatic N) is 1. The van der Waals surface area contributed by atoms with E-state index in [2.05, 4.69) is 4.72 Å². The topological polar surface area (TPSA) is 86.7 Å². The molecule has 1 saturated heterocycles. The predicted molar refractivity (Wildman–Crippen MR) is 75.6 cm³/mol. The molecular formula is C13H17FN2O4S. The zero-order valence-electron chi connectivity index (χ0n) is 11.5. The predicted octanol–water partition coefficient (Wildman–Crippen LogP) is 1.59. The number of carbonyl (C=O) groups is 1. The van der Waals surface area contributed by atoms with E-state index in [-0.39, 0.29) is 13.1 Å². The highest BCUT2D eigenvalue weighted by atomic mass is 32.2. The van der Waals surface area contributed by atoms with Gasteiger partial charge in [-0.1, -0.05) is 0 Å². The van der Waals surface area contributed by atoms with Gasteiger partial charge in [0.05, 0.1) is 11.6 Å². The number of hydrogen-bond donors (Lipinski definition) is 2. The SMILES string of the molecule is Cc1cc(F)ccc1NS(=O)(=O)N1CCC(C(=O)O)CC1. The summed E-state index contributed by atoms with van der Waals surface area (Å²) in [6, 6.07) is 3.79. The van der Waals surface area contributed by atoms with Gasteiger partial charge in [-0.3, -0.25) is 9.52 Å². The van der Waals surface area contributed by atoms with Crippen LogP contribution in [0.1, 0.15) is 18.4 Å². The molecule has 1 aliphatic heterocycles. The van der Waals surface area contributed by atoms with Gasteiger partial charge in [0.25, 0.3) is 0 Å². The van der Waals surface area contributed by atoms with E-state index in [1.807, 2.05) is 0 Å². The van der Waals surface area contributed by atoms with Crippen molar-refractivity contribution in [3.63, 3.8) is 0 Å². The summed E-state index contributed by atoms with van der Waals surface area (Å²) in [5.41, 5.74) is 0.802. The molecule has 1 aromatic carbocycles. The molecule has 0 radical (unpaired) electrons. The maximum Gasteiger partial charge on any atom is 0.306 e. The van der Waals surface area contributed by atoms with Crippen LogP contribution in [0.4, 0.5) is 10.1 Å². The third-order valence-corrected chi connectivity index (χ3v) is 5.09. The van der Waals surface area contributed by atoms with E-state index in [0.29, 0.717) is 24.1 Å². The number of piperidine rings is 1. The van der Waals surface area contributed by atoms with Crippen molar-refractivity contribution >= 4 is 21.9 Å². The highest BCUT2D eigenvalue weighted by Gasteiger charge is 2.31. The lowest BCUT2D eigenvalue weighted by molar-refractivity contribution is -0.142. The Morgan fingerprint density at radius 2 is 2.00 bits per heavy atom. The van der Waals surface area contributed by atoms with E-state index in [4.69, 9.17) is 5.11 Å². The van der Waals surface area contributed by atoms with E-state index in [0.717, 1.165) is 0 Å². The average Bonchev–Trinajstić information content (AvgIpc) is 2.42. The molecule has 0 aliphatic carbocycles. The third kappa shape index (κ3) is 3.70. The van der Waals surface area contributed by atoms with Crippen LogP contribution in [-0.4, -0.2) is 36.9 Å². The fraction of sp³-hybridized carbons (Fsp3) is 0.462. The zero-order valence-corrected chi connectivity index (χ0v) is 12.4. The second-order valence-electron chi connectivity index (χ2n) is 5.08. The van der Waals surface area contributed by atoms with Crippen molar-refractivity contribution in [3.8, 4) is 0 Å². The van der Waals surface area contributed by atoms with Crippen molar-refractivity contribution in [3.05, 3.63) is 29.6 Å². The monoisotopic (exact) mass is 316 g/mol. The van der Waals surface area contributed by atoms with Crippen molar-refractivity contribution < 1.29 is 22.7 Å². The number of benzene rings is 1. The second-order valence-corrected chi connectivity index (χ2v) is 6.75. The summed E-state index contributed by atoms with van der Waals surface area (Å²) < 4.78 is 41.1. The van der Waals surface area contributed by atoms with E-state index < -0.39 is 27.9 Å². The first-order valence-electron chi connectivity index (χ1n) is 6.56. The number of hydrogen-bond acceptors (Lipinski definition) is 3. The highest BCUT2D eigenvalue weighted by molar-refractivity contribution is 7.90. The minimum Gasteiger partial charge on any atom is -0.481 e. The van der Waals surface area contributed by atoms with Gasteiger partial charge in [0.1, 0.15) is 5.82 Å². The van der Waals surface area contributed by atoms with Gasteiger partial charge < -0.3 is 5.11 Å². The van der Waals surface area contributed by atoms with Gasteiger partial charge in [0.15, 0.2) is 0 Å². The van der Waals surface area contributed by atoms with Crippen LogP contribution < -0.4 is 4.72 Å². The van der Waals surface area contributed by atoms with Crippen LogP contribution in [0, 0.1) is 18.7 Å². The molecule has 2 N–H and O–H groups in total. The first-order valence-corrected chi connectivity index (χ1v) is 8.00. The van der Waals surface area contributed by atoms with Gasteiger partial charge in [0, 0.05) is 13.1 Å². The van der Waals surface area contributed by atoms with Crippen LogP contribution in [0.5, 0.6) is 0 Å². The fourth-order valence-corrected chi connectivity index (χ4v) is 3.62. The van der Waals surface area contributed by atoms with E-state index >= 15 is 0 Å². The minimum atomic E-state index is -3.75. The van der Waals surface area contributed by atoms with Crippen LogP contribution in [0.15, 0.2) is 18.2 Å². The Morgan fingerprint density at radius 3 is 2.52 bits per heavy atom. The van der Waals surface area contributed by atoms with Gasteiger partial charge >= 0.3 is 16.2 Å². The first kappa shape index (κ1) is 15.7. The van der Waals surface area contributed by atoms with Crippen molar-refractivity contribution in [2.24, 2.45) is 5.92 Å². The smallest absolute Gasteiger partial charge is 0.306 e. The minimum absolute atomic E-state index is 0.159. The maximum atomic E-state index is 13.0. The molecular weight excluding hydrogens is 299 g/mol. The molecule has 8 heteroatoms. The average molecular weight is 316 g/mol. The summed E-state index contributed by atoms with van der Waals surface area (Å²) in [6.45, 7) is 1.93. The first-order chi connectivity index (χ1) is 9.79. The molecule has 116 valence electrons. The molecule has 2 rings (SSSR count). The fourth-order valence-electron chi connectivity index (χ4n) is 2.29. The Balaban J connectivity index is 2.07. The van der Waals surface area contributed by atoms with E-state index in [1.54, 1.807) is 6.92 Å². The van der Waals surface area contributed by atoms with E-state index in [1.165, 1.54) is 22.5 Å². The highest BCUT2D eigenvalue weighted by Crippen LogP contribution is 2.23. The molecule has 1 fully saturated rings. The van der Waals surface area contributed by atoms with Gasteiger partial charge in [-0.2, -0.15) is 12.7 Å². The molecule has 0 saturated carbocycles. The molecule has 0 atom stereocenters. The zero-order chi connectivity index (χ0) is 15.6. The standard InChI is InChI=1S/C13H17FN2O4S/c1-9-8-11(14)2-3-12(9)15-21(19,20)16-6-4-10(5-7-16)13(17)18/h2-3,8,10,15H,4-7H2,1H3,(H,17,18). The molecule has 0 bridgehead atoms. The quantitative estimate of drug-likeness (QED) is 0.883. The lowest BCUT2D eigenvalue weighted by atomic mass is 9.99. The summed E-state index contributed by atoms with van der Waals surface area (Å²) in [7, 11) is -3.75.